The van der Waals surface area contributed by atoms with Gasteiger partial charge in [0.15, 0.2) is 0 Å². The molecule has 0 aromatic heterocycles. The molecule has 12 heteroatoms. The van der Waals surface area contributed by atoms with Crippen LogP contribution < -0.4 is 0 Å². The Balaban J connectivity index is -0.00000000889. The topological polar surface area (TPSA) is 121 Å². The van der Waals surface area contributed by atoms with Crippen LogP contribution in [0.2, 0.25) is 0 Å². The fourth-order valence-corrected chi connectivity index (χ4v) is 1.10. The standard InChI is InChI=1S/3Ca.H3O7PS.6H/c;;;1-8(2,3)7-9(4,5)6;;;;;;/h;;;(H2,1,2,3)(H,4,5,6);;;;;;/q3*+2;;6*-1. The molecule has 0 rings (SSSR count). The summed E-state index contributed by atoms with van der Waals surface area (Å²) < 4.78 is 39.0. The maximum absolute atomic E-state index is 9.58. The van der Waals surface area contributed by atoms with Crippen LogP contribution in [0.4, 0.5) is 0 Å². The van der Waals surface area contributed by atoms with Gasteiger partial charge < -0.3 is 18.3 Å². The maximum atomic E-state index is 9.58. The zero-order chi connectivity index (χ0) is 7.71. The van der Waals surface area contributed by atoms with E-state index in [1.165, 1.54) is 0 Å². The summed E-state index contributed by atoms with van der Waals surface area (Å²) in [7, 11) is -10.2. The second-order valence-electron chi connectivity index (χ2n) is 0.993. The van der Waals surface area contributed by atoms with E-state index in [9.17, 15) is 13.0 Å². The van der Waals surface area contributed by atoms with Crippen molar-refractivity contribution in [3.63, 3.8) is 0 Å². The molecule has 0 aliphatic rings. The van der Waals surface area contributed by atoms with Gasteiger partial charge in [-0.25, -0.2) is 4.57 Å². The fourth-order valence-electron chi connectivity index (χ4n) is 0.123. The summed E-state index contributed by atoms with van der Waals surface area (Å²) in [5.41, 5.74) is 0. The van der Waals surface area contributed by atoms with Crippen LogP contribution in [0.1, 0.15) is 8.56 Å². The van der Waals surface area contributed by atoms with Gasteiger partial charge in [-0.3, -0.25) is 4.55 Å². The molecule has 0 spiro atoms. The first kappa shape index (κ1) is 24.9. The van der Waals surface area contributed by atoms with E-state index < -0.39 is 18.2 Å². The molecule has 0 aliphatic heterocycles. The maximum Gasteiger partial charge on any atom is 2.00 e. The Kier molecular flexibility index (Phi) is 20.7. The van der Waals surface area contributed by atoms with E-state index in [1.54, 1.807) is 0 Å². The van der Waals surface area contributed by atoms with Gasteiger partial charge in [0.1, 0.15) is 0 Å². The second-order valence-corrected chi connectivity index (χ2v) is 3.43. The average Bonchev–Trinajstić information content (AvgIpc) is 1.14. The zero-order valence-corrected chi connectivity index (χ0v) is 14.3. The molecular formula is H9Ca3O7PS. The Hall–Kier alpha value is 3.80. The van der Waals surface area contributed by atoms with E-state index in [2.05, 4.69) is 3.97 Å². The van der Waals surface area contributed by atoms with Gasteiger partial charge >= 0.3 is 131 Å². The molecule has 0 fully saturated rings. The van der Waals surface area contributed by atoms with Gasteiger partial charge in [-0.1, -0.05) is 0 Å². The molecule has 0 radical (unpaired) electrons. The molecule has 0 bridgehead atoms. The van der Waals surface area contributed by atoms with Gasteiger partial charge in [-0.15, -0.1) is 3.97 Å². The molecular weight excluding hydrogens is 295 g/mol. The number of hydrogen-bond acceptors (Lipinski definition) is 4. The number of rotatable bonds is 2. The monoisotopic (exact) mass is 304 g/mol. The van der Waals surface area contributed by atoms with E-state index in [4.69, 9.17) is 14.3 Å². The first-order valence-corrected chi connectivity index (χ1v) is 4.34. The third-order valence-electron chi connectivity index (χ3n) is 0.191. The summed E-state index contributed by atoms with van der Waals surface area (Å²) in [5, 5.41) is 0. The van der Waals surface area contributed by atoms with E-state index in [0.29, 0.717) is 0 Å². The molecule has 0 heterocycles. The zero-order valence-electron chi connectivity index (χ0n) is 12.0. The number of phosphoric acid groups is 1. The van der Waals surface area contributed by atoms with Gasteiger partial charge in [0.05, 0.1) is 0 Å². The Bertz CT molecular complexity index is 242. The minimum Gasteiger partial charge on any atom is -1.00 e. The van der Waals surface area contributed by atoms with Crippen molar-refractivity contribution in [3.8, 4) is 0 Å². The van der Waals surface area contributed by atoms with Crippen molar-refractivity contribution in [1.82, 2.24) is 0 Å². The van der Waals surface area contributed by atoms with Crippen molar-refractivity contribution >= 4 is 131 Å². The summed E-state index contributed by atoms with van der Waals surface area (Å²) in [6.45, 7) is 0. The van der Waals surface area contributed by atoms with Gasteiger partial charge in [0.25, 0.3) is 0 Å². The summed E-state index contributed by atoms with van der Waals surface area (Å²) in [4.78, 5) is 15.4. The van der Waals surface area contributed by atoms with E-state index in [-0.39, 0.29) is 122 Å². The average molecular weight is 304 g/mol. The molecule has 0 aliphatic carbocycles. The van der Waals surface area contributed by atoms with Crippen LogP contribution in [0.5, 0.6) is 0 Å². The Morgan fingerprint density at radius 3 is 1.42 bits per heavy atom. The predicted molar refractivity (Wildman–Crippen MR) is 48.6 cm³/mol. The van der Waals surface area contributed by atoms with E-state index in [0.717, 1.165) is 0 Å². The van der Waals surface area contributed by atoms with Gasteiger partial charge in [0, 0.05) is 0 Å². The third-order valence-corrected chi connectivity index (χ3v) is 1.72. The van der Waals surface area contributed by atoms with E-state index in [1.807, 2.05) is 0 Å². The van der Waals surface area contributed by atoms with Crippen molar-refractivity contribution in [3.05, 3.63) is 0 Å². The molecule has 0 aromatic rings. The second kappa shape index (κ2) is 9.99. The molecule has 68 valence electrons. The first-order chi connectivity index (χ1) is 3.71. The summed E-state index contributed by atoms with van der Waals surface area (Å²) in [6.07, 6.45) is 0. The van der Waals surface area contributed by atoms with Crippen LogP contribution in [-0.4, -0.2) is 136 Å². The molecule has 0 unspecified atom stereocenters. The van der Waals surface area contributed by atoms with Crippen LogP contribution in [-0.2, 0) is 18.9 Å². The van der Waals surface area contributed by atoms with Crippen LogP contribution in [0.3, 0.4) is 0 Å². The van der Waals surface area contributed by atoms with Gasteiger partial charge in [-0.2, -0.15) is 8.42 Å². The minimum absolute atomic E-state index is 0. The van der Waals surface area contributed by atoms with Crippen molar-refractivity contribution in [1.29, 1.82) is 0 Å². The van der Waals surface area contributed by atoms with Crippen molar-refractivity contribution in [2.75, 3.05) is 0 Å². The quantitative estimate of drug-likeness (QED) is 0.320. The predicted octanol–water partition coefficient (Wildman–Crippen LogP) is -1.57. The molecule has 12 heavy (non-hydrogen) atoms. The molecule has 0 atom stereocenters. The van der Waals surface area contributed by atoms with Crippen LogP contribution >= 0.6 is 7.82 Å². The van der Waals surface area contributed by atoms with Crippen LogP contribution in [0.25, 0.3) is 0 Å². The van der Waals surface area contributed by atoms with Gasteiger partial charge in [0.2, 0.25) is 0 Å². The Morgan fingerprint density at radius 2 is 1.42 bits per heavy atom. The fraction of sp³-hybridized carbons (Fsp3) is 0. The first-order valence-electron chi connectivity index (χ1n) is 1.45. The van der Waals surface area contributed by atoms with Crippen molar-refractivity contribution < 1.29 is 39.9 Å². The molecule has 0 saturated carbocycles. The normalized spacial score (nSPS) is 10.2. The molecule has 7 nitrogen and oxygen atoms in total. The molecule has 0 saturated heterocycles. The molecule has 3 N–H and O–H groups in total. The van der Waals surface area contributed by atoms with Crippen LogP contribution in [0.15, 0.2) is 0 Å². The summed E-state index contributed by atoms with van der Waals surface area (Å²) in [6, 6.07) is 0. The minimum atomic E-state index is -5.13. The van der Waals surface area contributed by atoms with Gasteiger partial charge in [-0.05, 0) is 0 Å². The van der Waals surface area contributed by atoms with E-state index >= 15 is 0 Å². The Morgan fingerprint density at radius 1 is 1.17 bits per heavy atom. The summed E-state index contributed by atoms with van der Waals surface area (Å²) in [5.74, 6) is 0. The third kappa shape index (κ3) is 23.5. The van der Waals surface area contributed by atoms with Crippen molar-refractivity contribution in [2.45, 2.75) is 0 Å². The van der Waals surface area contributed by atoms with Crippen molar-refractivity contribution in [2.24, 2.45) is 0 Å². The smallest absolute Gasteiger partial charge is 1.00 e. The molecule has 0 amide bonds. The SMILES string of the molecule is O=P(O)(O)OS(=O)(=O)O.[Ca+2].[Ca+2].[Ca+2].[H-].[H-].[H-].[H-].[H-].[H-]. The summed E-state index contributed by atoms with van der Waals surface area (Å²) >= 11 is 0. The largest absolute Gasteiger partial charge is 2.00 e. The Labute approximate surface area is 168 Å². The van der Waals surface area contributed by atoms with Crippen LogP contribution in [0, 0.1) is 0 Å². The number of hydrogen-bond donors (Lipinski definition) is 3. The molecule has 0 aromatic carbocycles.